The van der Waals surface area contributed by atoms with Crippen molar-refractivity contribution >= 4 is 21.8 Å². The highest BCUT2D eigenvalue weighted by molar-refractivity contribution is 9.10. The van der Waals surface area contributed by atoms with Gasteiger partial charge in [-0.25, -0.2) is 0 Å². The molecule has 0 bridgehead atoms. The summed E-state index contributed by atoms with van der Waals surface area (Å²) >= 11 is 3.46. The Kier molecular flexibility index (Phi) is 5.08. The molecule has 0 radical (unpaired) electrons. The molecule has 11 heteroatoms. The van der Waals surface area contributed by atoms with Crippen molar-refractivity contribution < 1.29 is 18.0 Å². The van der Waals surface area contributed by atoms with Crippen molar-refractivity contribution in [3.05, 3.63) is 27.5 Å². The van der Waals surface area contributed by atoms with Gasteiger partial charge >= 0.3 is 6.18 Å². The van der Waals surface area contributed by atoms with Crippen LogP contribution in [0.4, 0.5) is 13.2 Å². The molecule has 0 aromatic carbocycles. The van der Waals surface area contributed by atoms with Crippen LogP contribution in [-0.4, -0.2) is 41.9 Å². The molecule has 0 fully saturated rings. The molecule has 27 heavy (non-hydrogen) atoms. The maximum atomic E-state index is 13.0. The predicted octanol–water partition coefficient (Wildman–Crippen LogP) is 3.11. The first-order valence-corrected chi connectivity index (χ1v) is 9.32. The van der Waals surface area contributed by atoms with Gasteiger partial charge in [0, 0.05) is 18.8 Å². The monoisotopic (exact) mass is 448 g/mol. The van der Waals surface area contributed by atoms with Gasteiger partial charge in [-0.15, -0.1) is 10.2 Å². The Labute approximate surface area is 162 Å². The molecule has 1 amide bonds. The van der Waals surface area contributed by atoms with Gasteiger partial charge in [0.15, 0.2) is 5.82 Å². The maximum Gasteiger partial charge on any atom is 0.451 e. The van der Waals surface area contributed by atoms with Gasteiger partial charge in [0.05, 0.1) is 28.7 Å². The molecule has 2 unspecified atom stereocenters. The SMILES string of the molecule is Cc1nn(CC(C)C(=O)N2CCn3c(nnc3C(F)(F)F)C2C)c(C)c1Br. The van der Waals surface area contributed by atoms with Crippen LogP contribution in [0.25, 0.3) is 0 Å². The second kappa shape index (κ2) is 6.92. The number of fused-ring (bicyclic) bond motifs is 1. The first kappa shape index (κ1) is 19.8. The normalized spacial score (nSPS) is 18.5. The second-order valence-corrected chi connectivity index (χ2v) is 7.60. The molecule has 1 aliphatic rings. The van der Waals surface area contributed by atoms with E-state index in [1.807, 2.05) is 13.8 Å². The summed E-state index contributed by atoms with van der Waals surface area (Å²) in [5.74, 6) is -1.39. The summed E-state index contributed by atoms with van der Waals surface area (Å²) in [6.45, 7) is 7.83. The zero-order valence-corrected chi connectivity index (χ0v) is 17.0. The number of rotatable bonds is 3. The average Bonchev–Trinajstić information content (AvgIpc) is 3.13. The quantitative estimate of drug-likeness (QED) is 0.723. The molecule has 0 aliphatic carbocycles. The smallest absolute Gasteiger partial charge is 0.331 e. The van der Waals surface area contributed by atoms with Crippen LogP contribution in [0.2, 0.25) is 0 Å². The van der Waals surface area contributed by atoms with Crippen molar-refractivity contribution in [2.45, 2.75) is 53.0 Å². The van der Waals surface area contributed by atoms with E-state index in [1.54, 1.807) is 23.4 Å². The molecule has 0 saturated carbocycles. The summed E-state index contributed by atoms with van der Waals surface area (Å²) < 4.78 is 42.8. The largest absolute Gasteiger partial charge is 0.451 e. The van der Waals surface area contributed by atoms with Crippen molar-refractivity contribution in [1.29, 1.82) is 0 Å². The van der Waals surface area contributed by atoms with E-state index in [4.69, 9.17) is 0 Å². The van der Waals surface area contributed by atoms with Gasteiger partial charge in [-0.05, 0) is 36.7 Å². The Morgan fingerprint density at radius 2 is 1.96 bits per heavy atom. The minimum atomic E-state index is -4.56. The molecule has 2 aromatic rings. The van der Waals surface area contributed by atoms with E-state index in [-0.39, 0.29) is 30.7 Å². The summed E-state index contributed by atoms with van der Waals surface area (Å²) in [6.07, 6.45) is -4.56. The van der Waals surface area contributed by atoms with Gasteiger partial charge in [0.2, 0.25) is 11.7 Å². The zero-order chi connectivity index (χ0) is 20.1. The fraction of sp³-hybridized carbons (Fsp3) is 0.625. The van der Waals surface area contributed by atoms with Crippen LogP contribution >= 0.6 is 15.9 Å². The minimum Gasteiger partial charge on any atom is -0.331 e. The van der Waals surface area contributed by atoms with E-state index in [0.29, 0.717) is 6.54 Å². The average molecular weight is 449 g/mol. The third-order valence-corrected chi connectivity index (χ3v) is 6.03. The summed E-state index contributed by atoms with van der Waals surface area (Å²) in [7, 11) is 0. The van der Waals surface area contributed by atoms with Crippen LogP contribution in [0.5, 0.6) is 0 Å². The Morgan fingerprint density at radius 1 is 1.30 bits per heavy atom. The highest BCUT2D eigenvalue weighted by Crippen LogP contribution is 2.33. The summed E-state index contributed by atoms with van der Waals surface area (Å²) in [5, 5.41) is 11.4. The van der Waals surface area contributed by atoms with Crippen LogP contribution < -0.4 is 0 Å². The predicted molar refractivity (Wildman–Crippen MR) is 93.7 cm³/mol. The number of aryl methyl sites for hydroxylation is 1. The van der Waals surface area contributed by atoms with E-state index in [0.717, 1.165) is 20.4 Å². The minimum absolute atomic E-state index is 0.0193. The van der Waals surface area contributed by atoms with E-state index in [1.165, 1.54) is 0 Å². The molecular weight excluding hydrogens is 429 g/mol. The molecule has 148 valence electrons. The van der Waals surface area contributed by atoms with Crippen LogP contribution in [0.1, 0.15) is 42.9 Å². The van der Waals surface area contributed by atoms with E-state index < -0.39 is 18.0 Å². The number of nitrogens with zero attached hydrogens (tertiary/aromatic N) is 6. The van der Waals surface area contributed by atoms with Crippen molar-refractivity contribution in [3.8, 4) is 0 Å². The fourth-order valence-corrected chi connectivity index (χ4v) is 3.65. The molecule has 1 aliphatic heterocycles. The topological polar surface area (TPSA) is 68.8 Å². The lowest BCUT2D eigenvalue weighted by molar-refractivity contribution is -0.148. The van der Waals surface area contributed by atoms with E-state index >= 15 is 0 Å². The third-order valence-electron chi connectivity index (χ3n) is 4.88. The number of amides is 1. The molecule has 2 atom stereocenters. The number of aromatic nitrogens is 5. The number of alkyl halides is 3. The maximum absolute atomic E-state index is 13.0. The zero-order valence-electron chi connectivity index (χ0n) is 15.4. The van der Waals surface area contributed by atoms with Crippen molar-refractivity contribution in [2.24, 2.45) is 5.92 Å². The Hall–Kier alpha value is -1.91. The highest BCUT2D eigenvalue weighted by Gasteiger charge is 2.42. The lowest BCUT2D eigenvalue weighted by Crippen LogP contribution is -2.45. The fourth-order valence-electron chi connectivity index (χ4n) is 3.37. The van der Waals surface area contributed by atoms with E-state index in [9.17, 15) is 18.0 Å². The lowest BCUT2D eigenvalue weighted by Gasteiger charge is -2.35. The summed E-state index contributed by atoms with van der Waals surface area (Å²) in [6, 6.07) is -0.579. The van der Waals surface area contributed by atoms with E-state index in [2.05, 4.69) is 31.2 Å². The third kappa shape index (κ3) is 3.48. The summed E-state index contributed by atoms with van der Waals surface area (Å²) in [5.41, 5.74) is 1.76. The van der Waals surface area contributed by atoms with Gasteiger partial charge in [-0.2, -0.15) is 18.3 Å². The lowest BCUT2D eigenvalue weighted by atomic mass is 10.1. The Balaban J connectivity index is 1.78. The van der Waals surface area contributed by atoms with Crippen molar-refractivity contribution in [2.75, 3.05) is 6.54 Å². The van der Waals surface area contributed by atoms with Crippen molar-refractivity contribution in [1.82, 2.24) is 29.4 Å². The van der Waals surface area contributed by atoms with Gasteiger partial charge in [0.25, 0.3) is 0 Å². The number of halogens is 4. The standard InChI is InChI=1S/C16H20BrF3N6O/c1-8(7-26-10(3)12(17)9(2)23-26)14(27)24-5-6-25-13(11(24)4)21-22-15(25)16(18,19)20/h8,11H,5-7H2,1-4H3. The molecule has 0 spiro atoms. The van der Waals surface area contributed by atoms with Crippen LogP contribution in [0.15, 0.2) is 4.47 Å². The molecule has 3 rings (SSSR count). The van der Waals surface area contributed by atoms with Crippen LogP contribution in [0, 0.1) is 19.8 Å². The molecule has 7 nitrogen and oxygen atoms in total. The molecule has 0 saturated heterocycles. The molecule has 2 aromatic heterocycles. The second-order valence-electron chi connectivity index (χ2n) is 6.81. The van der Waals surface area contributed by atoms with Crippen molar-refractivity contribution in [3.63, 3.8) is 0 Å². The van der Waals surface area contributed by atoms with Gasteiger partial charge in [-0.3, -0.25) is 9.48 Å². The number of carbonyl (C=O) groups is 1. The Morgan fingerprint density at radius 3 is 2.52 bits per heavy atom. The van der Waals surface area contributed by atoms with Gasteiger partial charge < -0.3 is 9.47 Å². The first-order chi connectivity index (χ1) is 12.5. The number of hydrogen-bond acceptors (Lipinski definition) is 4. The van der Waals surface area contributed by atoms with Crippen LogP contribution in [0.3, 0.4) is 0 Å². The Bertz CT molecular complexity index is 874. The number of hydrogen-bond donors (Lipinski definition) is 0. The highest BCUT2D eigenvalue weighted by atomic mass is 79.9. The first-order valence-electron chi connectivity index (χ1n) is 8.52. The molecule has 0 N–H and O–H groups in total. The molecule has 3 heterocycles. The van der Waals surface area contributed by atoms with Gasteiger partial charge in [0.1, 0.15) is 0 Å². The molecular formula is C16H20BrF3N6O. The number of carbonyl (C=O) groups excluding carboxylic acids is 1. The van der Waals surface area contributed by atoms with Gasteiger partial charge in [-0.1, -0.05) is 6.92 Å². The van der Waals surface area contributed by atoms with Crippen LogP contribution in [-0.2, 0) is 24.1 Å². The summed E-state index contributed by atoms with van der Waals surface area (Å²) in [4.78, 5) is 14.5.